The van der Waals surface area contributed by atoms with Crippen LogP contribution in [-0.2, 0) is 9.59 Å². The second-order valence-corrected chi connectivity index (χ2v) is 7.21. The molecule has 0 atom stereocenters. The minimum Gasteiger partial charge on any atom is -0.497 e. The van der Waals surface area contributed by atoms with Gasteiger partial charge in [-0.3, -0.25) is 9.59 Å². The maximum atomic E-state index is 12.3. The normalized spacial score (nSPS) is 10.5. The molecule has 0 aromatic heterocycles. The Kier molecular flexibility index (Phi) is 8.95. The summed E-state index contributed by atoms with van der Waals surface area (Å²) in [6.45, 7) is 2.63. The third kappa shape index (κ3) is 7.71. The van der Waals surface area contributed by atoms with Gasteiger partial charge in [-0.05, 0) is 84.8 Å². The van der Waals surface area contributed by atoms with Crippen molar-refractivity contribution < 1.29 is 28.6 Å². The smallest absolute Gasteiger partial charge is 0.343 e. The van der Waals surface area contributed by atoms with Crippen LogP contribution in [0.2, 0.25) is 0 Å². The van der Waals surface area contributed by atoms with E-state index in [9.17, 15) is 14.4 Å². The fourth-order valence-electron chi connectivity index (χ4n) is 2.77. The molecule has 2 N–H and O–H groups in total. The lowest BCUT2D eigenvalue weighted by Crippen LogP contribution is -2.32. The lowest BCUT2D eigenvalue weighted by molar-refractivity contribution is -0.136. The highest BCUT2D eigenvalue weighted by atomic mass is 16.5. The van der Waals surface area contributed by atoms with E-state index in [1.165, 1.54) is 13.3 Å². The van der Waals surface area contributed by atoms with Gasteiger partial charge in [-0.25, -0.2) is 10.2 Å². The molecule has 0 saturated carbocycles. The van der Waals surface area contributed by atoms with Crippen LogP contribution >= 0.6 is 0 Å². The van der Waals surface area contributed by atoms with Gasteiger partial charge in [0.1, 0.15) is 17.2 Å². The molecule has 0 saturated heterocycles. The predicted molar refractivity (Wildman–Crippen MR) is 131 cm³/mol. The molecule has 0 heterocycles. The van der Waals surface area contributed by atoms with E-state index in [0.29, 0.717) is 40.7 Å². The van der Waals surface area contributed by atoms with Crippen LogP contribution in [0.1, 0.15) is 29.3 Å². The molecule has 0 aliphatic rings. The maximum absolute atomic E-state index is 12.3. The van der Waals surface area contributed by atoms with Gasteiger partial charge in [-0.15, -0.1) is 0 Å². The van der Waals surface area contributed by atoms with Crippen molar-refractivity contribution in [3.63, 3.8) is 0 Å². The summed E-state index contributed by atoms with van der Waals surface area (Å²) in [4.78, 5) is 36.2. The second-order valence-electron chi connectivity index (χ2n) is 7.21. The van der Waals surface area contributed by atoms with Crippen molar-refractivity contribution in [1.29, 1.82) is 0 Å². The molecule has 0 bridgehead atoms. The summed E-state index contributed by atoms with van der Waals surface area (Å²) >= 11 is 0. The third-order valence-corrected chi connectivity index (χ3v) is 4.59. The molecule has 0 aliphatic carbocycles. The van der Waals surface area contributed by atoms with Crippen LogP contribution in [0.25, 0.3) is 0 Å². The van der Waals surface area contributed by atoms with Crippen LogP contribution in [0.15, 0.2) is 77.9 Å². The Morgan fingerprint density at radius 3 is 2.09 bits per heavy atom. The van der Waals surface area contributed by atoms with Gasteiger partial charge in [0.05, 0.1) is 25.5 Å². The largest absolute Gasteiger partial charge is 0.497 e. The average molecular weight is 476 g/mol. The SMILES string of the molecule is CCCOc1ccc(C(=O)Oc2ccc(/C=N/NC(=O)C(=O)Nc3ccc(OC)cc3)cc2)cc1. The standard InChI is InChI=1S/C26H25N3O6/c1-3-16-34-22-12-6-19(7-13-22)26(32)35-23-10-4-18(5-11-23)17-27-29-25(31)24(30)28-20-8-14-21(33-2)15-9-20/h4-15,17H,3,16H2,1-2H3,(H,28,30)(H,29,31)/b27-17+. The van der Waals surface area contributed by atoms with Crippen LogP contribution in [0.5, 0.6) is 17.2 Å². The number of amides is 2. The first kappa shape index (κ1) is 25.0. The van der Waals surface area contributed by atoms with Crippen LogP contribution in [0.4, 0.5) is 5.69 Å². The monoisotopic (exact) mass is 475 g/mol. The van der Waals surface area contributed by atoms with E-state index < -0.39 is 17.8 Å². The highest BCUT2D eigenvalue weighted by Gasteiger charge is 2.13. The molecule has 3 aromatic carbocycles. The van der Waals surface area contributed by atoms with Crippen molar-refractivity contribution in [2.75, 3.05) is 19.0 Å². The topological polar surface area (TPSA) is 115 Å². The van der Waals surface area contributed by atoms with E-state index in [2.05, 4.69) is 15.8 Å². The Hall–Kier alpha value is -4.66. The molecule has 3 rings (SSSR count). The van der Waals surface area contributed by atoms with Crippen molar-refractivity contribution in [2.24, 2.45) is 5.10 Å². The van der Waals surface area contributed by atoms with Crippen LogP contribution in [0, 0.1) is 0 Å². The lowest BCUT2D eigenvalue weighted by Gasteiger charge is -2.07. The number of rotatable bonds is 9. The van der Waals surface area contributed by atoms with E-state index in [1.807, 2.05) is 6.92 Å². The Balaban J connectivity index is 1.47. The molecule has 0 aliphatic heterocycles. The number of carbonyl (C=O) groups excluding carboxylic acids is 3. The summed E-state index contributed by atoms with van der Waals surface area (Å²) in [5, 5.41) is 6.23. The molecule has 180 valence electrons. The predicted octanol–water partition coefficient (Wildman–Crippen LogP) is 3.79. The molecule has 0 unspecified atom stereocenters. The number of esters is 1. The Labute approximate surface area is 202 Å². The van der Waals surface area contributed by atoms with Gasteiger partial charge in [-0.2, -0.15) is 5.10 Å². The highest BCUT2D eigenvalue weighted by Crippen LogP contribution is 2.17. The molecular weight excluding hydrogens is 450 g/mol. The fraction of sp³-hybridized carbons (Fsp3) is 0.154. The molecule has 9 heteroatoms. The zero-order valence-corrected chi connectivity index (χ0v) is 19.3. The molecular formula is C26H25N3O6. The molecule has 35 heavy (non-hydrogen) atoms. The van der Waals surface area contributed by atoms with Gasteiger partial charge in [0.15, 0.2) is 0 Å². The van der Waals surface area contributed by atoms with Crippen molar-refractivity contribution in [3.8, 4) is 17.2 Å². The summed E-state index contributed by atoms with van der Waals surface area (Å²) in [6, 6.07) is 19.7. The Morgan fingerprint density at radius 2 is 1.46 bits per heavy atom. The zero-order valence-electron chi connectivity index (χ0n) is 19.3. The summed E-state index contributed by atoms with van der Waals surface area (Å²) < 4.78 is 15.9. The number of hydrogen-bond acceptors (Lipinski definition) is 7. The highest BCUT2D eigenvalue weighted by molar-refractivity contribution is 6.39. The van der Waals surface area contributed by atoms with Gasteiger partial charge in [0.2, 0.25) is 0 Å². The van der Waals surface area contributed by atoms with Crippen molar-refractivity contribution in [1.82, 2.24) is 5.43 Å². The van der Waals surface area contributed by atoms with Crippen LogP contribution < -0.4 is 25.0 Å². The number of benzene rings is 3. The minimum absolute atomic E-state index is 0.348. The lowest BCUT2D eigenvalue weighted by atomic mass is 10.2. The van der Waals surface area contributed by atoms with Crippen molar-refractivity contribution in [3.05, 3.63) is 83.9 Å². The first-order chi connectivity index (χ1) is 17.0. The molecule has 3 aromatic rings. The Bertz CT molecular complexity index is 1170. The van der Waals surface area contributed by atoms with E-state index in [1.54, 1.807) is 72.8 Å². The Morgan fingerprint density at radius 1 is 0.829 bits per heavy atom. The number of nitrogens with one attached hydrogen (secondary N) is 2. The quantitative estimate of drug-likeness (QED) is 0.160. The maximum Gasteiger partial charge on any atom is 0.343 e. The molecule has 2 amide bonds. The summed E-state index contributed by atoms with van der Waals surface area (Å²) in [5.74, 6) is -0.611. The summed E-state index contributed by atoms with van der Waals surface area (Å²) in [5.41, 5.74) is 3.62. The molecule has 0 spiro atoms. The van der Waals surface area contributed by atoms with E-state index in [4.69, 9.17) is 14.2 Å². The van der Waals surface area contributed by atoms with Gasteiger partial charge in [0.25, 0.3) is 0 Å². The molecule has 9 nitrogen and oxygen atoms in total. The summed E-state index contributed by atoms with van der Waals surface area (Å²) in [6.07, 6.45) is 2.26. The number of carbonyl (C=O) groups is 3. The van der Waals surface area contributed by atoms with Gasteiger partial charge < -0.3 is 19.5 Å². The van der Waals surface area contributed by atoms with Gasteiger partial charge in [0, 0.05) is 5.69 Å². The molecule has 0 fully saturated rings. The van der Waals surface area contributed by atoms with Gasteiger partial charge >= 0.3 is 17.8 Å². The number of hydrazone groups is 1. The van der Waals surface area contributed by atoms with Crippen LogP contribution in [0.3, 0.4) is 0 Å². The van der Waals surface area contributed by atoms with E-state index >= 15 is 0 Å². The van der Waals surface area contributed by atoms with Crippen LogP contribution in [-0.4, -0.2) is 37.7 Å². The third-order valence-electron chi connectivity index (χ3n) is 4.59. The average Bonchev–Trinajstić information content (AvgIpc) is 2.89. The number of anilines is 1. The van der Waals surface area contributed by atoms with Gasteiger partial charge in [-0.1, -0.05) is 6.92 Å². The summed E-state index contributed by atoms with van der Waals surface area (Å²) in [7, 11) is 1.53. The van der Waals surface area contributed by atoms with E-state index in [0.717, 1.165) is 6.42 Å². The minimum atomic E-state index is -0.922. The number of hydrogen-bond donors (Lipinski definition) is 2. The first-order valence-corrected chi connectivity index (χ1v) is 10.8. The van der Waals surface area contributed by atoms with Crippen molar-refractivity contribution >= 4 is 29.7 Å². The second kappa shape index (κ2) is 12.5. The van der Waals surface area contributed by atoms with E-state index in [-0.39, 0.29) is 0 Å². The van der Waals surface area contributed by atoms with Crippen molar-refractivity contribution in [2.45, 2.75) is 13.3 Å². The number of methoxy groups -OCH3 is 1. The number of ether oxygens (including phenoxy) is 3. The first-order valence-electron chi connectivity index (χ1n) is 10.8. The zero-order chi connectivity index (χ0) is 25.0. The number of nitrogens with zero attached hydrogens (tertiary/aromatic N) is 1. The fourth-order valence-corrected chi connectivity index (χ4v) is 2.77. The molecule has 0 radical (unpaired) electrons.